The second-order valence-corrected chi connectivity index (χ2v) is 6.40. The molecule has 0 heterocycles. The Bertz CT molecular complexity index is 251. The Balaban J connectivity index is -0.000000109. The Hall–Kier alpha value is -0.197. The molecule has 0 spiro atoms. The zero-order valence-electron chi connectivity index (χ0n) is 20.1. The summed E-state index contributed by atoms with van der Waals surface area (Å²) in [5, 5.41) is 18.1. The molecule has 6 nitrogen and oxygen atoms in total. The predicted molar refractivity (Wildman–Crippen MR) is 125 cm³/mol. The first-order valence-corrected chi connectivity index (χ1v) is 10.7. The van der Waals surface area contributed by atoms with Crippen molar-refractivity contribution in [3.8, 4) is 0 Å². The van der Waals surface area contributed by atoms with Crippen molar-refractivity contribution in [3.63, 3.8) is 0 Å². The van der Waals surface area contributed by atoms with Crippen LogP contribution >= 0.6 is 0 Å². The molecular formula is C22H46N4O2Ru. The summed E-state index contributed by atoms with van der Waals surface area (Å²) in [5.41, 5.74) is 0. The van der Waals surface area contributed by atoms with E-state index in [0.29, 0.717) is 12.1 Å². The summed E-state index contributed by atoms with van der Waals surface area (Å²) < 4.78 is 0. The zero-order chi connectivity index (χ0) is 22.8. The van der Waals surface area contributed by atoms with E-state index in [1.807, 2.05) is 0 Å². The fourth-order valence-electron chi connectivity index (χ4n) is 1.92. The number of hydrogen-bond acceptors (Lipinski definition) is 2. The van der Waals surface area contributed by atoms with Crippen molar-refractivity contribution >= 4 is 13.6 Å². The van der Waals surface area contributed by atoms with Gasteiger partial charge in [-0.05, 0) is 0 Å². The molecule has 0 rings (SSSR count). The van der Waals surface area contributed by atoms with Gasteiger partial charge in [-0.25, -0.2) is 12.3 Å². The van der Waals surface area contributed by atoms with Crippen LogP contribution < -0.4 is 0 Å². The van der Waals surface area contributed by atoms with Gasteiger partial charge in [0.25, 0.3) is 0 Å². The van der Waals surface area contributed by atoms with Gasteiger partial charge in [0.05, 0.1) is 0 Å². The maximum Gasteiger partial charge on any atom is 6.00 e. The van der Waals surface area contributed by atoms with Gasteiger partial charge in [-0.1, -0.05) is 93.9 Å². The van der Waals surface area contributed by atoms with Crippen molar-refractivity contribution in [3.05, 3.63) is 21.3 Å². The molecule has 0 aliphatic carbocycles. The third-order valence-electron chi connectivity index (χ3n) is 3.89. The number of rotatable bonds is 14. The summed E-state index contributed by atoms with van der Waals surface area (Å²) in [7, 11) is 0. The maximum absolute atomic E-state index is 7.75. The van der Waals surface area contributed by atoms with Crippen molar-refractivity contribution in [1.29, 1.82) is 0 Å². The smallest absolute Gasteiger partial charge is 0.678 e. The molecule has 0 aromatic carbocycles. The van der Waals surface area contributed by atoms with E-state index in [0.717, 1.165) is 51.6 Å². The molecule has 0 bridgehead atoms. The summed E-state index contributed by atoms with van der Waals surface area (Å²) in [6.07, 6.45) is 7.10. The van der Waals surface area contributed by atoms with Gasteiger partial charge in [0.2, 0.25) is 0 Å². The van der Waals surface area contributed by atoms with E-state index in [9.17, 15) is 0 Å². The van der Waals surface area contributed by atoms with Gasteiger partial charge in [0, 0.05) is 0 Å². The Labute approximate surface area is 195 Å². The molecule has 0 aliphatic rings. The molecular weight excluding hydrogens is 453 g/mol. The molecule has 0 saturated carbocycles. The van der Waals surface area contributed by atoms with Crippen LogP contribution in [0.5, 0.6) is 0 Å². The summed E-state index contributed by atoms with van der Waals surface area (Å²) in [6.45, 7) is 25.7. The van der Waals surface area contributed by atoms with Crippen LogP contribution in [0.25, 0.3) is 21.3 Å². The Morgan fingerprint density at radius 1 is 0.586 bits per heavy atom. The number of nitrogens with zero attached hydrogens (tertiary/aromatic N) is 4. The molecule has 0 N–H and O–H groups in total. The van der Waals surface area contributed by atoms with Gasteiger partial charge < -0.3 is 30.9 Å². The van der Waals surface area contributed by atoms with Crippen LogP contribution in [0.1, 0.15) is 93.9 Å². The average molecular weight is 500 g/mol. The molecule has 0 fully saturated rings. The van der Waals surface area contributed by atoms with E-state index >= 15 is 0 Å². The fourth-order valence-corrected chi connectivity index (χ4v) is 1.92. The van der Waals surface area contributed by atoms with Crippen LogP contribution in [0.15, 0.2) is 0 Å². The van der Waals surface area contributed by atoms with E-state index in [-0.39, 0.29) is 31.8 Å². The molecule has 4 unspecified atom stereocenters. The molecule has 4 atom stereocenters. The molecule has 7 heteroatoms. The number of hydrogen-bond donors (Lipinski definition) is 0. The van der Waals surface area contributed by atoms with E-state index in [4.69, 9.17) is 9.59 Å². The minimum Gasteiger partial charge on any atom is -0.678 e. The van der Waals surface area contributed by atoms with E-state index in [2.05, 4.69) is 90.2 Å². The van der Waals surface area contributed by atoms with E-state index in [1.54, 1.807) is 0 Å². The van der Waals surface area contributed by atoms with Crippen molar-refractivity contribution in [2.24, 2.45) is 0 Å². The largest absolute Gasteiger partial charge is 6.00 e. The van der Waals surface area contributed by atoms with Crippen molar-refractivity contribution in [2.75, 3.05) is 13.1 Å². The Morgan fingerprint density at radius 2 is 0.862 bits per heavy atom. The standard InChI is InChI=1S/2C10H22N2.2CHO.Ru/c2*1-5-8-11-10(7-3)12-9(4)6-2;2*1-2;/h2*9-10H,5-8H2,1-4H3;2*1H;/q2*-2;2*-1;+6. The van der Waals surface area contributed by atoms with Crippen LogP contribution in [0.3, 0.4) is 0 Å². The normalized spacial score (nSPS) is 13.5. The van der Waals surface area contributed by atoms with Gasteiger partial charge >= 0.3 is 19.5 Å². The topological polar surface area (TPSA) is 90.5 Å². The van der Waals surface area contributed by atoms with Gasteiger partial charge in [0.1, 0.15) is 0 Å². The molecule has 0 amide bonds. The van der Waals surface area contributed by atoms with Crippen molar-refractivity contribution < 1.29 is 29.1 Å². The monoisotopic (exact) mass is 500 g/mol. The number of carbonyl (C=O) groups excluding carboxylic acids is 2. The first-order chi connectivity index (χ1) is 13.5. The van der Waals surface area contributed by atoms with Crippen LogP contribution in [-0.4, -0.2) is 51.1 Å². The average Bonchev–Trinajstić information content (AvgIpc) is 2.76. The molecule has 0 saturated heterocycles. The first-order valence-electron chi connectivity index (χ1n) is 10.7. The summed E-state index contributed by atoms with van der Waals surface area (Å²) in [6, 6.07) is 0.936. The minimum atomic E-state index is 0. The van der Waals surface area contributed by atoms with Crippen LogP contribution in [0.4, 0.5) is 0 Å². The fraction of sp³-hybridized carbons (Fsp3) is 0.909. The molecule has 0 aliphatic heterocycles. The third kappa shape index (κ3) is 32.7. The van der Waals surface area contributed by atoms with E-state index in [1.165, 1.54) is 0 Å². The van der Waals surface area contributed by atoms with E-state index < -0.39 is 0 Å². The first kappa shape index (κ1) is 39.3. The van der Waals surface area contributed by atoms with Gasteiger partial charge in [-0.2, -0.15) is 13.1 Å². The van der Waals surface area contributed by atoms with Crippen LogP contribution in [0.2, 0.25) is 0 Å². The molecule has 29 heavy (non-hydrogen) atoms. The zero-order valence-corrected chi connectivity index (χ0v) is 21.8. The molecule has 0 aromatic heterocycles. The Kier molecular flexibility index (Phi) is 47.8. The summed E-state index contributed by atoms with van der Waals surface area (Å²) in [4.78, 5) is 15.5. The molecule has 174 valence electrons. The van der Waals surface area contributed by atoms with Crippen LogP contribution in [0, 0.1) is 0 Å². The maximum atomic E-state index is 7.75. The van der Waals surface area contributed by atoms with Crippen molar-refractivity contribution in [1.82, 2.24) is 0 Å². The van der Waals surface area contributed by atoms with Crippen molar-refractivity contribution in [2.45, 2.75) is 118 Å². The molecule has 0 aromatic rings. The van der Waals surface area contributed by atoms with Gasteiger partial charge in [-0.3, -0.25) is 13.6 Å². The quantitative estimate of drug-likeness (QED) is 0.149. The van der Waals surface area contributed by atoms with Crippen LogP contribution in [-0.2, 0) is 29.1 Å². The minimum absolute atomic E-state index is 0. The predicted octanol–water partition coefficient (Wildman–Crippen LogP) is 6.81. The van der Waals surface area contributed by atoms with Gasteiger partial charge in [-0.15, -0.1) is 12.1 Å². The van der Waals surface area contributed by atoms with Gasteiger partial charge in [0.15, 0.2) is 0 Å². The summed E-state index contributed by atoms with van der Waals surface area (Å²) in [5.74, 6) is 0. The second kappa shape index (κ2) is 35.3. The SMILES string of the molecule is CCC[N-]C(CC)[N-]C(C)CC.CCC[N-]C(CC)[N-]C(C)CC.[CH-]=O.[CH-]=O.[Ru+6]. The summed E-state index contributed by atoms with van der Waals surface area (Å²) >= 11 is 0. The Morgan fingerprint density at radius 3 is 1.03 bits per heavy atom. The third-order valence-corrected chi connectivity index (χ3v) is 3.89. The second-order valence-electron chi connectivity index (χ2n) is 6.40. The molecule has 0 radical (unpaired) electrons.